The average Bonchev–Trinajstić information content (AvgIpc) is 2.26. The summed E-state index contributed by atoms with van der Waals surface area (Å²) in [4.78, 5) is 5.38. The van der Waals surface area contributed by atoms with Crippen LogP contribution in [0, 0.1) is 6.92 Å². The fourth-order valence-electron chi connectivity index (χ4n) is 2.34. The molecule has 1 aromatic carbocycles. The Kier molecular flexibility index (Phi) is 4.09. The molecule has 0 saturated heterocycles. The molecule has 0 fully saturated rings. The van der Waals surface area contributed by atoms with Crippen LogP contribution in [0.5, 0.6) is 0 Å². The zero-order chi connectivity index (χ0) is 14.0. The van der Waals surface area contributed by atoms with E-state index in [1.54, 1.807) is 0 Å². The molecule has 104 valence electrons. The molecule has 2 rings (SSSR count). The molecule has 0 saturated carbocycles. The van der Waals surface area contributed by atoms with E-state index in [0.29, 0.717) is 11.7 Å². The van der Waals surface area contributed by atoms with Gasteiger partial charge in [0.25, 0.3) is 0 Å². The van der Waals surface area contributed by atoms with Crippen molar-refractivity contribution < 1.29 is 8.95 Å². The first kappa shape index (κ1) is 14.3. The van der Waals surface area contributed by atoms with E-state index in [2.05, 4.69) is 18.8 Å². The smallest absolute Gasteiger partial charge is 0.197 e. The van der Waals surface area contributed by atoms with Gasteiger partial charge >= 0.3 is 0 Å². The first-order valence-corrected chi connectivity index (χ1v) is 7.88. The number of rotatable bonds is 3. The van der Waals surface area contributed by atoms with E-state index in [0.717, 1.165) is 11.3 Å². The summed E-state index contributed by atoms with van der Waals surface area (Å²) in [5, 5.41) is 0. The lowest BCUT2D eigenvalue weighted by Gasteiger charge is -2.31. The van der Waals surface area contributed by atoms with Gasteiger partial charge in [-0.15, -0.1) is 0 Å². The second-order valence-corrected chi connectivity index (χ2v) is 7.20. The topological polar surface area (TPSA) is 38.7 Å². The van der Waals surface area contributed by atoms with Gasteiger partial charge in [-0.2, -0.15) is 0 Å². The second kappa shape index (κ2) is 5.45. The van der Waals surface area contributed by atoms with E-state index in [9.17, 15) is 4.21 Å². The minimum Gasteiger partial charge on any atom is -0.477 e. The molecular formula is C15H21NO2S. The number of ether oxygens (including phenoxy) is 1. The summed E-state index contributed by atoms with van der Waals surface area (Å²) >= 11 is 0. The van der Waals surface area contributed by atoms with Crippen molar-refractivity contribution in [2.24, 2.45) is 4.99 Å². The van der Waals surface area contributed by atoms with Gasteiger partial charge in [-0.1, -0.05) is 17.7 Å². The number of hydrogen-bond acceptors (Lipinski definition) is 3. The fourth-order valence-corrected chi connectivity index (χ4v) is 3.30. The maximum atomic E-state index is 12.3. The highest BCUT2D eigenvalue weighted by atomic mass is 32.2. The first-order chi connectivity index (χ1) is 8.85. The quantitative estimate of drug-likeness (QED) is 0.853. The molecule has 2 atom stereocenters. The monoisotopic (exact) mass is 279 g/mol. The van der Waals surface area contributed by atoms with Gasteiger partial charge in [0.15, 0.2) is 5.90 Å². The Hall–Kier alpha value is -1.16. The van der Waals surface area contributed by atoms with Gasteiger partial charge in [-0.05, 0) is 39.8 Å². The molecule has 0 bridgehead atoms. The number of nitrogens with zero attached hydrogens (tertiary/aromatic N) is 1. The van der Waals surface area contributed by atoms with Gasteiger partial charge in [0.1, 0.15) is 5.75 Å². The standard InChI is InChI=1S/C15H21NO2S/c1-11-5-7-13(8-6-11)19(17)10-14-16-15(3,4)9-12(2)18-14/h5-8,12H,9-10H2,1-4H3/t12?,19-/m1/s1. The number of benzene rings is 1. The maximum Gasteiger partial charge on any atom is 0.197 e. The Morgan fingerprint density at radius 3 is 2.58 bits per heavy atom. The molecular weight excluding hydrogens is 258 g/mol. The first-order valence-electron chi connectivity index (χ1n) is 6.56. The predicted octanol–water partition coefficient (Wildman–Crippen LogP) is 3.09. The molecule has 0 amide bonds. The van der Waals surface area contributed by atoms with Crippen molar-refractivity contribution in [1.82, 2.24) is 0 Å². The summed E-state index contributed by atoms with van der Waals surface area (Å²) in [6, 6.07) is 7.76. The van der Waals surface area contributed by atoms with Gasteiger partial charge in [0.05, 0.1) is 22.4 Å². The Balaban J connectivity index is 2.10. The van der Waals surface area contributed by atoms with Crippen LogP contribution in [0.15, 0.2) is 34.2 Å². The Morgan fingerprint density at radius 2 is 2.00 bits per heavy atom. The van der Waals surface area contributed by atoms with E-state index in [1.165, 1.54) is 5.56 Å². The van der Waals surface area contributed by atoms with Crippen LogP contribution < -0.4 is 0 Å². The Morgan fingerprint density at radius 1 is 1.37 bits per heavy atom. The highest BCUT2D eigenvalue weighted by Gasteiger charge is 2.28. The minimum absolute atomic E-state index is 0.121. The van der Waals surface area contributed by atoms with Crippen LogP contribution in [0.25, 0.3) is 0 Å². The lowest BCUT2D eigenvalue weighted by molar-refractivity contribution is 0.144. The van der Waals surface area contributed by atoms with Crippen molar-refractivity contribution in [2.45, 2.75) is 50.7 Å². The third kappa shape index (κ3) is 3.90. The lowest BCUT2D eigenvalue weighted by atomic mass is 9.97. The second-order valence-electron chi connectivity index (χ2n) is 5.75. The van der Waals surface area contributed by atoms with Gasteiger partial charge in [0.2, 0.25) is 0 Å². The van der Waals surface area contributed by atoms with Gasteiger partial charge < -0.3 is 4.74 Å². The third-order valence-corrected chi connectivity index (χ3v) is 4.40. The average molecular weight is 279 g/mol. The molecule has 0 N–H and O–H groups in total. The van der Waals surface area contributed by atoms with Crippen LogP contribution in [0.4, 0.5) is 0 Å². The lowest BCUT2D eigenvalue weighted by Crippen LogP contribution is -2.35. The van der Waals surface area contributed by atoms with E-state index < -0.39 is 10.8 Å². The molecule has 1 aliphatic rings. The number of aliphatic imine (C=N–C) groups is 1. The predicted molar refractivity (Wildman–Crippen MR) is 79.1 cm³/mol. The fraction of sp³-hybridized carbons (Fsp3) is 0.533. The van der Waals surface area contributed by atoms with Crippen LogP contribution >= 0.6 is 0 Å². The van der Waals surface area contributed by atoms with Crippen molar-refractivity contribution >= 4 is 16.7 Å². The summed E-state index contributed by atoms with van der Waals surface area (Å²) in [7, 11) is -1.09. The van der Waals surface area contributed by atoms with Crippen molar-refractivity contribution in [2.75, 3.05) is 5.75 Å². The molecule has 1 heterocycles. The van der Waals surface area contributed by atoms with Crippen LogP contribution in [0.3, 0.4) is 0 Å². The van der Waals surface area contributed by atoms with Crippen LogP contribution in [-0.2, 0) is 15.5 Å². The maximum absolute atomic E-state index is 12.3. The van der Waals surface area contributed by atoms with Crippen molar-refractivity contribution in [3.8, 4) is 0 Å². The molecule has 0 aromatic heterocycles. The molecule has 0 aliphatic carbocycles. The summed E-state index contributed by atoms with van der Waals surface area (Å²) in [5.74, 6) is 0.972. The summed E-state index contributed by atoms with van der Waals surface area (Å²) in [5.41, 5.74) is 1.05. The van der Waals surface area contributed by atoms with Gasteiger partial charge in [0, 0.05) is 11.3 Å². The van der Waals surface area contributed by atoms with Crippen LogP contribution in [0.1, 0.15) is 32.8 Å². The van der Waals surface area contributed by atoms with Gasteiger partial charge in [-0.3, -0.25) is 4.21 Å². The van der Waals surface area contributed by atoms with Crippen molar-refractivity contribution in [3.63, 3.8) is 0 Å². The molecule has 1 aromatic rings. The zero-order valence-electron chi connectivity index (χ0n) is 12.0. The molecule has 1 aliphatic heterocycles. The Bertz CT molecular complexity index is 505. The molecule has 0 radical (unpaired) electrons. The minimum atomic E-state index is -1.09. The third-order valence-electron chi connectivity index (χ3n) is 3.09. The molecule has 1 unspecified atom stereocenters. The van der Waals surface area contributed by atoms with E-state index in [-0.39, 0.29) is 11.6 Å². The van der Waals surface area contributed by atoms with Crippen molar-refractivity contribution in [1.29, 1.82) is 0 Å². The highest BCUT2D eigenvalue weighted by Crippen LogP contribution is 2.24. The largest absolute Gasteiger partial charge is 0.477 e. The van der Waals surface area contributed by atoms with E-state index in [4.69, 9.17) is 4.74 Å². The van der Waals surface area contributed by atoms with Gasteiger partial charge in [-0.25, -0.2) is 4.99 Å². The molecule has 0 spiro atoms. The highest BCUT2D eigenvalue weighted by molar-refractivity contribution is 7.85. The molecule has 19 heavy (non-hydrogen) atoms. The summed E-state index contributed by atoms with van der Waals surface area (Å²) in [6.07, 6.45) is 1.03. The van der Waals surface area contributed by atoms with Crippen molar-refractivity contribution in [3.05, 3.63) is 29.8 Å². The zero-order valence-corrected chi connectivity index (χ0v) is 12.8. The molecule has 3 nitrogen and oxygen atoms in total. The number of aryl methyl sites for hydroxylation is 1. The van der Waals surface area contributed by atoms with E-state index in [1.807, 2.05) is 38.1 Å². The van der Waals surface area contributed by atoms with Crippen LogP contribution in [-0.4, -0.2) is 27.5 Å². The normalized spacial score (nSPS) is 23.4. The summed E-state index contributed by atoms with van der Waals surface area (Å²) < 4.78 is 18.0. The number of hydrogen-bond donors (Lipinski definition) is 0. The van der Waals surface area contributed by atoms with Crippen LogP contribution in [0.2, 0.25) is 0 Å². The van der Waals surface area contributed by atoms with E-state index >= 15 is 0 Å². The molecule has 4 heteroatoms. The summed E-state index contributed by atoms with van der Waals surface area (Å²) in [6.45, 7) is 8.22. The Labute approximate surface area is 117 Å². The SMILES string of the molecule is Cc1ccc([S@](=O)CC2=NC(C)(C)CC(C)O2)cc1.